The lowest BCUT2D eigenvalue weighted by molar-refractivity contribution is 0.0913. The van der Waals surface area contributed by atoms with Crippen molar-refractivity contribution in [3.05, 3.63) is 134 Å². The van der Waals surface area contributed by atoms with Crippen LogP contribution in [0.5, 0.6) is 0 Å². The Morgan fingerprint density at radius 1 is 0.972 bits per heavy atom. The molecule has 0 saturated heterocycles. The van der Waals surface area contributed by atoms with Gasteiger partial charge in [-0.05, 0) is 24.1 Å². The molecule has 0 atom stereocenters. The van der Waals surface area contributed by atoms with E-state index in [1.807, 2.05) is 85.8 Å². The normalized spacial score (nSPS) is 12.9. The Bertz CT molecular complexity index is 1400. The number of fused-ring (bicyclic) bond motifs is 1. The van der Waals surface area contributed by atoms with Gasteiger partial charge in [0.1, 0.15) is 12.4 Å². The first-order valence-electron chi connectivity index (χ1n) is 11.9. The van der Waals surface area contributed by atoms with Crippen molar-refractivity contribution in [3.63, 3.8) is 0 Å². The Morgan fingerprint density at radius 2 is 1.58 bits per heavy atom. The molecule has 1 aromatic heterocycles. The number of halogens is 1. The maximum atomic E-state index is 13.9. The van der Waals surface area contributed by atoms with Gasteiger partial charge in [-0.1, -0.05) is 90.5 Å². The predicted octanol–water partition coefficient (Wildman–Crippen LogP) is 5.54. The molecule has 0 spiro atoms. The highest BCUT2D eigenvalue weighted by atomic mass is 35.5. The molecule has 36 heavy (non-hydrogen) atoms. The van der Waals surface area contributed by atoms with Crippen molar-refractivity contribution in [2.75, 3.05) is 6.54 Å². The monoisotopic (exact) mass is 499 g/mol. The number of carbonyl (C=O) groups is 1. The number of hydrogen-bond acceptors (Lipinski definition) is 4. The number of nitrogens with zero attached hydrogens (tertiary/aromatic N) is 3. The van der Waals surface area contributed by atoms with Crippen molar-refractivity contribution < 1.29 is 9.53 Å². The minimum atomic E-state index is -0.477. The van der Waals surface area contributed by atoms with Crippen LogP contribution >= 0.6 is 11.6 Å². The quantitative estimate of drug-likeness (QED) is 0.362. The average Bonchev–Trinajstić information content (AvgIpc) is 2.91. The van der Waals surface area contributed by atoms with Crippen molar-refractivity contribution >= 4 is 17.7 Å². The van der Waals surface area contributed by atoms with E-state index in [0.717, 1.165) is 22.4 Å². The van der Waals surface area contributed by atoms with Crippen LogP contribution in [0.1, 0.15) is 39.8 Å². The molecule has 2 heterocycles. The van der Waals surface area contributed by atoms with E-state index in [4.69, 9.17) is 21.3 Å². The van der Waals surface area contributed by atoms with E-state index in [9.17, 15) is 9.59 Å². The van der Waals surface area contributed by atoms with Gasteiger partial charge in [0.2, 0.25) is 0 Å². The number of aryl methyl sites for hydroxylation is 1. The summed E-state index contributed by atoms with van der Waals surface area (Å²) in [7, 11) is 0. The summed E-state index contributed by atoms with van der Waals surface area (Å²) in [6, 6.07) is 26.8. The molecule has 6 nitrogen and oxygen atoms in total. The molecule has 4 aromatic rings. The maximum absolute atomic E-state index is 13.9. The zero-order valence-electron chi connectivity index (χ0n) is 19.9. The Balaban J connectivity index is 1.47. The lowest BCUT2D eigenvalue weighted by Gasteiger charge is -2.30. The molecule has 182 valence electrons. The minimum Gasteiger partial charge on any atom is -0.444 e. The van der Waals surface area contributed by atoms with Crippen LogP contribution in [0.3, 0.4) is 0 Å². The van der Waals surface area contributed by atoms with Crippen molar-refractivity contribution in [1.82, 2.24) is 14.5 Å². The van der Waals surface area contributed by atoms with Crippen molar-refractivity contribution in [1.29, 1.82) is 0 Å². The molecule has 1 aliphatic rings. The van der Waals surface area contributed by atoms with Crippen LogP contribution in [0.25, 0.3) is 0 Å². The first kappa shape index (κ1) is 23.8. The summed E-state index contributed by atoms with van der Waals surface area (Å²) in [5.41, 5.74) is 3.84. The number of ether oxygens (including phenoxy) is 1. The van der Waals surface area contributed by atoms with E-state index in [0.29, 0.717) is 29.4 Å². The molecule has 0 radical (unpaired) electrons. The van der Waals surface area contributed by atoms with Crippen molar-refractivity contribution in [2.24, 2.45) is 0 Å². The first-order chi connectivity index (χ1) is 17.5. The summed E-state index contributed by atoms with van der Waals surface area (Å²) in [6.45, 7) is 2.53. The lowest BCUT2D eigenvalue weighted by Crippen LogP contribution is -2.42. The fraction of sp³-hybridized carbons (Fsp3) is 0.207. The molecule has 0 N–H and O–H groups in total. The second kappa shape index (κ2) is 10.4. The van der Waals surface area contributed by atoms with E-state index in [1.54, 1.807) is 15.5 Å². The highest BCUT2D eigenvalue weighted by Crippen LogP contribution is 2.27. The van der Waals surface area contributed by atoms with Crippen LogP contribution in [0.15, 0.2) is 89.7 Å². The van der Waals surface area contributed by atoms with Gasteiger partial charge < -0.3 is 9.64 Å². The van der Waals surface area contributed by atoms with Crippen LogP contribution in [-0.2, 0) is 24.3 Å². The molecular formula is C29H26ClN3O3. The molecule has 5 rings (SSSR count). The fourth-order valence-electron chi connectivity index (χ4n) is 4.68. The summed E-state index contributed by atoms with van der Waals surface area (Å²) >= 11 is 6.19. The average molecular weight is 500 g/mol. The van der Waals surface area contributed by atoms with Crippen LogP contribution in [0, 0.1) is 6.92 Å². The van der Waals surface area contributed by atoms with Gasteiger partial charge in [0.15, 0.2) is 0 Å². The predicted molar refractivity (Wildman–Crippen MR) is 139 cm³/mol. The van der Waals surface area contributed by atoms with E-state index in [-0.39, 0.29) is 24.8 Å². The maximum Gasteiger partial charge on any atom is 0.410 e. The van der Waals surface area contributed by atoms with Gasteiger partial charge in [0, 0.05) is 23.6 Å². The SMILES string of the molecule is Cc1nc2c(c(=O)n1C(c1ccccc1)c1ccccc1)CN(C(=O)OCc1ccccc1Cl)CC2. The van der Waals surface area contributed by atoms with Gasteiger partial charge >= 0.3 is 6.09 Å². The molecule has 1 aliphatic heterocycles. The smallest absolute Gasteiger partial charge is 0.410 e. The highest BCUT2D eigenvalue weighted by Gasteiger charge is 2.29. The van der Waals surface area contributed by atoms with Gasteiger partial charge in [-0.15, -0.1) is 0 Å². The standard InChI is InChI=1S/C29H26ClN3O3/c1-20-31-26-16-17-32(29(35)36-19-23-14-8-9-15-25(23)30)18-24(26)28(34)33(20)27(21-10-4-2-5-11-21)22-12-6-3-7-13-22/h2-15,27H,16-19H2,1H3. The highest BCUT2D eigenvalue weighted by molar-refractivity contribution is 6.31. The molecular weight excluding hydrogens is 474 g/mol. The van der Waals surface area contributed by atoms with Crippen LogP contribution in [-0.4, -0.2) is 27.1 Å². The van der Waals surface area contributed by atoms with Crippen LogP contribution in [0.4, 0.5) is 4.79 Å². The summed E-state index contributed by atoms with van der Waals surface area (Å²) in [4.78, 5) is 33.2. The molecule has 0 saturated carbocycles. The third kappa shape index (κ3) is 4.77. The number of carbonyl (C=O) groups excluding carboxylic acids is 1. The second-order valence-corrected chi connectivity index (χ2v) is 9.21. The number of benzene rings is 3. The zero-order valence-corrected chi connectivity index (χ0v) is 20.7. The Morgan fingerprint density at radius 3 is 2.22 bits per heavy atom. The van der Waals surface area contributed by atoms with Crippen molar-refractivity contribution in [3.8, 4) is 0 Å². The van der Waals surface area contributed by atoms with Gasteiger partial charge in [0.25, 0.3) is 5.56 Å². The zero-order chi connectivity index (χ0) is 25.1. The van der Waals surface area contributed by atoms with E-state index < -0.39 is 6.09 Å². The minimum absolute atomic E-state index is 0.0718. The van der Waals surface area contributed by atoms with E-state index >= 15 is 0 Å². The number of aromatic nitrogens is 2. The Hall–Kier alpha value is -3.90. The largest absolute Gasteiger partial charge is 0.444 e. The molecule has 1 amide bonds. The molecule has 0 aliphatic carbocycles. The fourth-order valence-corrected chi connectivity index (χ4v) is 4.87. The number of rotatable bonds is 5. The Labute approximate surface area is 214 Å². The molecule has 3 aromatic carbocycles. The summed E-state index contributed by atoms with van der Waals surface area (Å²) in [5.74, 6) is 0.645. The van der Waals surface area contributed by atoms with E-state index in [2.05, 4.69) is 0 Å². The lowest BCUT2D eigenvalue weighted by atomic mass is 9.97. The third-order valence-electron chi connectivity index (χ3n) is 6.49. The molecule has 0 bridgehead atoms. The summed E-state index contributed by atoms with van der Waals surface area (Å²) < 4.78 is 7.25. The van der Waals surface area contributed by atoms with Gasteiger partial charge in [-0.25, -0.2) is 9.78 Å². The van der Waals surface area contributed by atoms with Gasteiger partial charge in [-0.2, -0.15) is 0 Å². The van der Waals surface area contributed by atoms with Crippen LogP contribution in [0.2, 0.25) is 5.02 Å². The van der Waals surface area contributed by atoms with Crippen molar-refractivity contribution in [2.45, 2.75) is 32.5 Å². The Kier molecular flexibility index (Phi) is 6.87. The third-order valence-corrected chi connectivity index (χ3v) is 6.86. The summed E-state index contributed by atoms with van der Waals surface area (Å²) in [6.07, 6.45) is 0.0178. The molecule has 7 heteroatoms. The van der Waals surface area contributed by atoms with Gasteiger partial charge in [0.05, 0.1) is 23.8 Å². The summed E-state index contributed by atoms with van der Waals surface area (Å²) in [5, 5.41) is 0.546. The molecule has 0 unspecified atom stereocenters. The first-order valence-corrected chi connectivity index (χ1v) is 12.3. The van der Waals surface area contributed by atoms with E-state index in [1.165, 1.54) is 0 Å². The number of amides is 1. The van der Waals surface area contributed by atoms with Crippen LogP contribution < -0.4 is 5.56 Å². The van der Waals surface area contributed by atoms with Gasteiger partial charge in [-0.3, -0.25) is 9.36 Å². The molecule has 0 fully saturated rings. The second-order valence-electron chi connectivity index (χ2n) is 8.80. The topological polar surface area (TPSA) is 64.4 Å². The number of hydrogen-bond donors (Lipinski definition) is 0.